The first-order chi connectivity index (χ1) is 14.2. The van der Waals surface area contributed by atoms with Crippen LogP contribution in [0.3, 0.4) is 0 Å². The summed E-state index contributed by atoms with van der Waals surface area (Å²) in [6.07, 6.45) is 3.27. The summed E-state index contributed by atoms with van der Waals surface area (Å²) in [4.78, 5) is 19.9. The smallest absolute Gasteiger partial charge is 0.229 e. The normalized spacial score (nSPS) is 16.3. The third-order valence-electron chi connectivity index (χ3n) is 5.32. The van der Waals surface area contributed by atoms with Crippen LogP contribution in [-0.4, -0.2) is 37.3 Å². The summed E-state index contributed by atoms with van der Waals surface area (Å²) in [6.45, 7) is 3.38. The number of methoxy groups -OCH3 is 1. The van der Waals surface area contributed by atoms with Crippen molar-refractivity contribution in [1.82, 2.24) is 4.98 Å². The van der Waals surface area contributed by atoms with E-state index in [0.717, 1.165) is 52.5 Å². The molecule has 0 N–H and O–H groups in total. The molecule has 1 aromatic heterocycles. The lowest BCUT2D eigenvalue weighted by molar-refractivity contribution is -0.119. The average molecular weight is 411 g/mol. The summed E-state index contributed by atoms with van der Waals surface area (Å²) in [5, 5.41) is 0.723. The Kier molecular flexibility index (Phi) is 6.11. The molecule has 0 radical (unpaired) electrons. The van der Waals surface area contributed by atoms with E-state index < -0.39 is 0 Å². The number of thiazole rings is 1. The molecule has 5 nitrogen and oxygen atoms in total. The Hall–Kier alpha value is -2.44. The first-order valence-corrected chi connectivity index (χ1v) is 10.9. The molecule has 1 saturated heterocycles. The van der Waals surface area contributed by atoms with Gasteiger partial charge in [-0.3, -0.25) is 9.69 Å². The van der Waals surface area contributed by atoms with Gasteiger partial charge in [0.05, 0.1) is 24.5 Å². The van der Waals surface area contributed by atoms with Crippen molar-refractivity contribution in [3.8, 4) is 5.75 Å². The summed E-state index contributed by atoms with van der Waals surface area (Å²) in [5.74, 6) is 0.821. The number of aromatic nitrogens is 1. The molecule has 1 aliphatic rings. The van der Waals surface area contributed by atoms with E-state index in [1.54, 1.807) is 18.4 Å². The molecule has 4 rings (SSSR count). The number of ether oxygens (including phenoxy) is 2. The minimum absolute atomic E-state index is 0.0747. The van der Waals surface area contributed by atoms with Crippen LogP contribution in [0, 0.1) is 6.92 Å². The van der Waals surface area contributed by atoms with E-state index in [1.807, 2.05) is 35.2 Å². The highest BCUT2D eigenvalue weighted by Crippen LogP contribution is 2.37. The predicted molar refractivity (Wildman–Crippen MR) is 117 cm³/mol. The van der Waals surface area contributed by atoms with Gasteiger partial charge in [-0.1, -0.05) is 47.7 Å². The average Bonchev–Trinajstić information content (AvgIpc) is 3.42. The van der Waals surface area contributed by atoms with Gasteiger partial charge in [0.25, 0.3) is 0 Å². The van der Waals surface area contributed by atoms with Crippen molar-refractivity contribution in [2.24, 2.45) is 0 Å². The van der Waals surface area contributed by atoms with Gasteiger partial charge in [-0.05, 0) is 43.4 Å². The fourth-order valence-corrected chi connectivity index (χ4v) is 4.77. The number of rotatable bonds is 7. The number of hydrogen-bond donors (Lipinski definition) is 0. The first-order valence-electron chi connectivity index (χ1n) is 10.1. The molecule has 1 amide bonds. The van der Waals surface area contributed by atoms with Gasteiger partial charge in [0, 0.05) is 13.0 Å². The minimum Gasteiger partial charge on any atom is -0.494 e. The fourth-order valence-electron chi connectivity index (χ4n) is 3.69. The third kappa shape index (κ3) is 4.43. The molecule has 3 aromatic rings. The Morgan fingerprint density at radius 1 is 1.28 bits per heavy atom. The Morgan fingerprint density at radius 2 is 2.10 bits per heavy atom. The highest BCUT2D eigenvalue weighted by atomic mass is 32.1. The molecule has 2 heterocycles. The summed E-state index contributed by atoms with van der Waals surface area (Å²) in [7, 11) is 1.65. The van der Waals surface area contributed by atoms with Crippen LogP contribution in [0.5, 0.6) is 5.75 Å². The molecule has 1 aliphatic heterocycles. The Balaban J connectivity index is 1.62. The summed E-state index contributed by atoms with van der Waals surface area (Å²) in [6, 6.07) is 14.1. The van der Waals surface area contributed by atoms with Gasteiger partial charge in [-0.2, -0.15) is 0 Å². The number of hydrogen-bond acceptors (Lipinski definition) is 5. The summed E-state index contributed by atoms with van der Waals surface area (Å²) < 4.78 is 12.4. The van der Waals surface area contributed by atoms with Crippen LogP contribution in [0.4, 0.5) is 5.13 Å². The van der Waals surface area contributed by atoms with E-state index >= 15 is 0 Å². The number of carbonyl (C=O) groups excluding carboxylic acids is 1. The van der Waals surface area contributed by atoms with Crippen molar-refractivity contribution in [3.63, 3.8) is 0 Å². The zero-order valence-corrected chi connectivity index (χ0v) is 17.7. The molecule has 2 aromatic carbocycles. The topological polar surface area (TPSA) is 51.7 Å². The van der Waals surface area contributed by atoms with E-state index in [1.165, 1.54) is 5.56 Å². The summed E-state index contributed by atoms with van der Waals surface area (Å²) in [5.41, 5.74) is 3.12. The van der Waals surface area contributed by atoms with Gasteiger partial charge in [0.2, 0.25) is 5.91 Å². The number of fused-ring (bicyclic) bond motifs is 1. The number of amides is 1. The number of carbonyl (C=O) groups is 1. The van der Waals surface area contributed by atoms with E-state index in [2.05, 4.69) is 19.1 Å². The quantitative estimate of drug-likeness (QED) is 0.564. The maximum atomic E-state index is 13.2. The molecular formula is C23H26N2O3S. The second-order valence-corrected chi connectivity index (χ2v) is 8.36. The Morgan fingerprint density at radius 3 is 2.83 bits per heavy atom. The zero-order valence-electron chi connectivity index (χ0n) is 16.9. The van der Waals surface area contributed by atoms with E-state index in [4.69, 9.17) is 14.5 Å². The monoisotopic (exact) mass is 410 g/mol. The van der Waals surface area contributed by atoms with Gasteiger partial charge < -0.3 is 9.47 Å². The molecule has 1 unspecified atom stereocenters. The molecule has 0 spiro atoms. The number of anilines is 1. The van der Waals surface area contributed by atoms with Gasteiger partial charge in [0.1, 0.15) is 11.3 Å². The standard InChI is InChI=1S/C23H26N2O3S/c1-16-10-12-19(27-2)21-22(16)29-23(24-21)25(15-18-9-6-14-28-18)20(26)13-11-17-7-4-3-5-8-17/h3-5,7-8,10,12,18H,6,9,11,13-15H2,1-2H3. The lowest BCUT2D eigenvalue weighted by Crippen LogP contribution is -2.37. The SMILES string of the molecule is COc1ccc(C)c2sc(N(CC3CCCO3)C(=O)CCc3ccccc3)nc12. The van der Waals surface area contributed by atoms with E-state index in [9.17, 15) is 4.79 Å². The van der Waals surface area contributed by atoms with Crippen molar-refractivity contribution in [1.29, 1.82) is 0 Å². The van der Waals surface area contributed by atoms with Crippen LogP contribution < -0.4 is 9.64 Å². The van der Waals surface area contributed by atoms with Gasteiger partial charge in [0.15, 0.2) is 5.13 Å². The Labute approximate surface area is 175 Å². The van der Waals surface area contributed by atoms with Crippen LogP contribution in [0.25, 0.3) is 10.2 Å². The van der Waals surface area contributed by atoms with Crippen molar-refractivity contribution in [2.75, 3.05) is 25.2 Å². The molecule has 0 bridgehead atoms. The molecule has 0 aliphatic carbocycles. The van der Waals surface area contributed by atoms with Crippen LogP contribution >= 0.6 is 11.3 Å². The lowest BCUT2D eigenvalue weighted by atomic mass is 10.1. The molecule has 152 valence electrons. The predicted octanol–water partition coefficient (Wildman–Crippen LogP) is 4.76. The van der Waals surface area contributed by atoms with Crippen LogP contribution in [0.15, 0.2) is 42.5 Å². The molecular weight excluding hydrogens is 384 g/mol. The zero-order chi connectivity index (χ0) is 20.2. The number of benzene rings is 2. The molecule has 1 fully saturated rings. The minimum atomic E-state index is 0.0747. The van der Waals surface area contributed by atoms with Crippen molar-refractivity contribution in [3.05, 3.63) is 53.6 Å². The van der Waals surface area contributed by atoms with Crippen LogP contribution in [0.2, 0.25) is 0 Å². The second-order valence-electron chi connectivity index (χ2n) is 7.38. The maximum Gasteiger partial charge on any atom is 0.229 e. The number of aryl methyl sites for hydroxylation is 2. The molecule has 0 saturated carbocycles. The Bertz CT molecular complexity index is 980. The van der Waals surface area contributed by atoms with Crippen LogP contribution in [-0.2, 0) is 16.0 Å². The van der Waals surface area contributed by atoms with Gasteiger partial charge >= 0.3 is 0 Å². The lowest BCUT2D eigenvalue weighted by Gasteiger charge is -2.23. The highest BCUT2D eigenvalue weighted by Gasteiger charge is 2.26. The van der Waals surface area contributed by atoms with Gasteiger partial charge in [-0.15, -0.1) is 0 Å². The van der Waals surface area contributed by atoms with Gasteiger partial charge in [-0.25, -0.2) is 4.98 Å². The van der Waals surface area contributed by atoms with E-state index in [0.29, 0.717) is 13.0 Å². The van der Waals surface area contributed by atoms with Crippen molar-refractivity contribution >= 4 is 32.6 Å². The second kappa shape index (κ2) is 8.93. The molecule has 29 heavy (non-hydrogen) atoms. The van der Waals surface area contributed by atoms with Crippen molar-refractivity contribution < 1.29 is 14.3 Å². The third-order valence-corrected chi connectivity index (χ3v) is 6.54. The van der Waals surface area contributed by atoms with Crippen LogP contribution in [0.1, 0.15) is 30.4 Å². The highest BCUT2D eigenvalue weighted by molar-refractivity contribution is 7.22. The van der Waals surface area contributed by atoms with E-state index in [-0.39, 0.29) is 12.0 Å². The fraction of sp³-hybridized carbons (Fsp3) is 0.391. The molecule has 6 heteroatoms. The number of nitrogens with zero attached hydrogens (tertiary/aromatic N) is 2. The van der Waals surface area contributed by atoms with Crippen molar-refractivity contribution in [2.45, 2.75) is 38.7 Å². The first kappa shape index (κ1) is 19.9. The summed E-state index contributed by atoms with van der Waals surface area (Å²) >= 11 is 1.55. The largest absolute Gasteiger partial charge is 0.494 e. The maximum absolute atomic E-state index is 13.2. The molecule has 1 atom stereocenters.